The lowest BCUT2D eigenvalue weighted by Gasteiger charge is -2.18. The van der Waals surface area contributed by atoms with Crippen molar-refractivity contribution in [2.45, 2.75) is 30.2 Å². The van der Waals surface area contributed by atoms with Gasteiger partial charge in [0.1, 0.15) is 13.2 Å². The summed E-state index contributed by atoms with van der Waals surface area (Å²) < 4.78 is 35.2. The van der Waals surface area contributed by atoms with Crippen LogP contribution in [0.3, 0.4) is 0 Å². The van der Waals surface area contributed by atoms with E-state index in [0.717, 1.165) is 12.8 Å². The number of ether oxygens (including phenoxy) is 2. The Morgan fingerprint density at radius 3 is 2.62 bits per heavy atom. The second kappa shape index (κ2) is 5.55. The van der Waals surface area contributed by atoms with Crippen LogP contribution in [-0.2, 0) is 14.6 Å². The van der Waals surface area contributed by atoms with E-state index in [1.54, 1.807) is 6.07 Å². The van der Waals surface area contributed by atoms with E-state index in [9.17, 15) is 13.2 Å². The van der Waals surface area contributed by atoms with Crippen LogP contribution in [0.4, 0.5) is 0 Å². The quantitative estimate of drug-likeness (QED) is 0.874. The van der Waals surface area contributed by atoms with Crippen LogP contribution in [0, 0.1) is 0 Å². The molecule has 0 saturated heterocycles. The van der Waals surface area contributed by atoms with E-state index in [0.29, 0.717) is 24.7 Å². The Kier molecular flexibility index (Phi) is 3.75. The maximum Gasteiger partial charge on any atom is 0.221 e. The van der Waals surface area contributed by atoms with E-state index in [2.05, 4.69) is 5.32 Å². The monoisotopic (exact) mass is 311 g/mol. The molecular formula is C14H17NO5S. The molecule has 1 aromatic carbocycles. The zero-order valence-electron chi connectivity index (χ0n) is 11.5. The molecule has 1 aromatic rings. The van der Waals surface area contributed by atoms with Gasteiger partial charge in [-0.15, -0.1) is 0 Å². The topological polar surface area (TPSA) is 81.7 Å². The average molecular weight is 311 g/mol. The molecule has 1 heterocycles. The fourth-order valence-electron chi connectivity index (χ4n) is 2.09. The van der Waals surface area contributed by atoms with Gasteiger partial charge >= 0.3 is 0 Å². The third-order valence-corrected chi connectivity index (χ3v) is 5.13. The molecule has 0 aromatic heterocycles. The van der Waals surface area contributed by atoms with Crippen LogP contribution >= 0.6 is 0 Å². The molecule has 1 saturated carbocycles. The number of amides is 1. The number of hydrogen-bond donors (Lipinski definition) is 1. The number of sulfone groups is 1. The Labute approximate surface area is 123 Å². The number of carbonyl (C=O) groups is 1. The summed E-state index contributed by atoms with van der Waals surface area (Å²) in [7, 11) is -3.50. The fraction of sp³-hybridized carbons (Fsp3) is 0.500. The van der Waals surface area contributed by atoms with Crippen LogP contribution in [0.5, 0.6) is 11.5 Å². The Morgan fingerprint density at radius 1 is 1.19 bits per heavy atom. The molecule has 0 atom stereocenters. The van der Waals surface area contributed by atoms with Crippen LogP contribution in [0.15, 0.2) is 23.1 Å². The highest BCUT2D eigenvalue weighted by Crippen LogP contribution is 2.32. The van der Waals surface area contributed by atoms with Gasteiger partial charge in [-0.1, -0.05) is 0 Å². The maximum atomic E-state index is 12.2. The van der Waals surface area contributed by atoms with Crippen LogP contribution in [0.2, 0.25) is 0 Å². The second-order valence-corrected chi connectivity index (χ2v) is 7.33. The predicted molar refractivity (Wildman–Crippen MR) is 75.3 cm³/mol. The van der Waals surface area contributed by atoms with Gasteiger partial charge in [-0.3, -0.25) is 4.79 Å². The van der Waals surface area contributed by atoms with Gasteiger partial charge in [-0.05, 0) is 25.0 Å². The number of rotatable bonds is 5. The molecule has 0 bridgehead atoms. The van der Waals surface area contributed by atoms with E-state index in [-0.39, 0.29) is 29.0 Å². The Morgan fingerprint density at radius 2 is 1.90 bits per heavy atom. The van der Waals surface area contributed by atoms with E-state index < -0.39 is 9.84 Å². The molecule has 7 heteroatoms. The molecule has 21 heavy (non-hydrogen) atoms. The summed E-state index contributed by atoms with van der Waals surface area (Å²) in [6.45, 7) is 0.862. The van der Waals surface area contributed by atoms with Crippen molar-refractivity contribution in [3.8, 4) is 11.5 Å². The van der Waals surface area contributed by atoms with E-state index in [1.807, 2.05) is 0 Å². The maximum absolute atomic E-state index is 12.2. The van der Waals surface area contributed by atoms with Crippen LogP contribution in [0.1, 0.15) is 19.3 Å². The molecule has 0 radical (unpaired) electrons. The number of nitrogens with one attached hydrogen (secondary N) is 1. The van der Waals surface area contributed by atoms with Crippen molar-refractivity contribution in [1.29, 1.82) is 0 Å². The lowest BCUT2D eigenvalue weighted by molar-refractivity contribution is -0.120. The first-order chi connectivity index (χ1) is 10.0. The lowest BCUT2D eigenvalue weighted by atomic mass is 10.3. The first-order valence-corrected chi connectivity index (χ1v) is 8.61. The highest BCUT2D eigenvalue weighted by Gasteiger charge is 2.25. The lowest BCUT2D eigenvalue weighted by Crippen LogP contribution is -2.27. The summed E-state index contributed by atoms with van der Waals surface area (Å²) in [5, 5.41) is 2.78. The first-order valence-electron chi connectivity index (χ1n) is 6.96. The molecule has 2 aliphatic rings. The van der Waals surface area contributed by atoms with Crippen molar-refractivity contribution in [3.63, 3.8) is 0 Å². The number of fused-ring (bicyclic) bond motifs is 1. The molecule has 0 spiro atoms. The van der Waals surface area contributed by atoms with Crippen molar-refractivity contribution < 1.29 is 22.7 Å². The Bertz CT molecular complexity index is 651. The molecule has 0 unspecified atom stereocenters. The van der Waals surface area contributed by atoms with Gasteiger partial charge in [0.2, 0.25) is 5.91 Å². The molecule has 1 aliphatic carbocycles. The van der Waals surface area contributed by atoms with Crippen molar-refractivity contribution in [3.05, 3.63) is 18.2 Å². The normalized spacial score (nSPS) is 17.3. The summed E-state index contributed by atoms with van der Waals surface area (Å²) in [4.78, 5) is 11.7. The number of carbonyl (C=O) groups excluding carboxylic acids is 1. The highest BCUT2D eigenvalue weighted by molar-refractivity contribution is 7.91. The third-order valence-electron chi connectivity index (χ3n) is 3.41. The number of hydrogen-bond acceptors (Lipinski definition) is 5. The average Bonchev–Trinajstić information content (AvgIpc) is 3.29. The van der Waals surface area contributed by atoms with Gasteiger partial charge < -0.3 is 14.8 Å². The second-order valence-electron chi connectivity index (χ2n) is 5.22. The smallest absolute Gasteiger partial charge is 0.221 e. The predicted octanol–water partition coefficient (Wildman–Crippen LogP) is 0.900. The van der Waals surface area contributed by atoms with Gasteiger partial charge in [0, 0.05) is 18.5 Å². The van der Waals surface area contributed by atoms with Crippen molar-refractivity contribution in [2.75, 3.05) is 19.0 Å². The highest BCUT2D eigenvalue weighted by atomic mass is 32.2. The van der Waals surface area contributed by atoms with Gasteiger partial charge in [0.15, 0.2) is 21.3 Å². The van der Waals surface area contributed by atoms with Crippen LogP contribution < -0.4 is 14.8 Å². The van der Waals surface area contributed by atoms with Crippen molar-refractivity contribution in [2.24, 2.45) is 0 Å². The standard InChI is InChI=1S/C14H17NO5S/c16-14(15-10-1-2-10)5-8-21(17,18)11-3-4-12-13(9-11)20-7-6-19-12/h3-4,9-10H,1-2,5-8H2,(H,15,16). The molecule has 3 rings (SSSR count). The van der Waals surface area contributed by atoms with E-state index in [4.69, 9.17) is 9.47 Å². The van der Waals surface area contributed by atoms with Gasteiger partial charge in [0.25, 0.3) is 0 Å². The molecule has 6 nitrogen and oxygen atoms in total. The van der Waals surface area contributed by atoms with E-state index >= 15 is 0 Å². The molecular weight excluding hydrogens is 294 g/mol. The molecule has 1 N–H and O–H groups in total. The molecule has 1 aliphatic heterocycles. The fourth-order valence-corrected chi connectivity index (χ4v) is 3.34. The summed E-state index contributed by atoms with van der Waals surface area (Å²) in [6.07, 6.45) is 1.95. The minimum Gasteiger partial charge on any atom is -0.486 e. The first kappa shape index (κ1) is 14.2. The van der Waals surface area contributed by atoms with Gasteiger partial charge in [0.05, 0.1) is 10.6 Å². The van der Waals surface area contributed by atoms with Gasteiger partial charge in [-0.25, -0.2) is 8.42 Å². The Balaban J connectivity index is 1.67. The minimum absolute atomic E-state index is 0.0206. The zero-order chi connectivity index (χ0) is 14.9. The zero-order valence-corrected chi connectivity index (χ0v) is 12.3. The largest absolute Gasteiger partial charge is 0.486 e. The SMILES string of the molecule is O=C(CCS(=O)(=O)c1ccc2c(c1)OCCO2)NC1CC1. The Hall–Kier alpha value is -1.76. The minimum atomic E-state index is -3.50. The third kappa shape index (κ3) is 3.47. The van der Waals surface area contributed by atoms with Crippen molar-refractivity contribution >= 4 is 15.7 Å². The molecule has 1 fully saturated rings. The molecule has 114 valence electrons. The van der Waals surface area contributed by atoms with E-state index in [1.165, 1.54) is 12.1 Å². The van der Waals surface area contributed by atoms with Gasteiger partial charge in [-0.2, -0.15) is 0 Å². The summed E-state index contributed by atoms with van der Waals surface area (Å²) >= 11 is 0. The summed E-state index contributed by atoms with van der Waals surface area (Å²) in [5.74, 6) is 0.570. The van der Waals surface area contributed by atoms with Crippen LogP contribution in [0.25, 0.3) is 0 Å². The van der Waals surface area contributed by atoms with Crippen molar-refractivity contribution in [1.82, 2.24) is 5.32 Å². The summed E-state index contributed by atoms with van der Waals surface area (Å²) in [6, 6.07) is 4.78. The van der Waals surface area contributed by atoms with Crippen LogP contribution in [-0.4, -0.2) is 39.3 Å². The molecule has 1 amide bonds. The number of benzene rings is 1. The summed E-state index contributed by atoms with van der Waals surface area (Å²) in [5.41, 5.74) is 0.